The Labute approximate surface area is 56.1 Å². The lowest BCUT2D eigenvalue weighted by Gasteiger charge is -1.84. The lowest BCUT2D eigenvalue weighted by molar-refractivity contribution is -0.117. The molecule has 1 aromatic rings. The van der Waals surface area contributed by atoms with Crippen LogP contribution in [0.3, 0.4) is 0 Å². The number of nitrogens with zero attached hydrogens (tertiary/aromatic N) is 1. The molecule has 2 rings (SSSR count). The van der Waals surface area contributed by atoms with Gasteiger partial charge in [-0.25, -0.2) is 4.79 Å². The van der Waals surface area contributed by atoms with Gasteiger partial charge in [0.2, 0.25) is 0 Å². The number of carbonyl (C=O) groups excluding carboxylic acids is 1. The fourth-order valence-corrected chi connectivity index (χ4v) is 1.10. The van der Waals surface area contributed by atoms with Crippen molar-refractivity contribution >= 4 is 5.78 Å². The van der Waals surface area contributed by atoms with E-state index in [1.807, 2.05) is 0 Å². The topological polar surface area (TPSA) is 52.2 Å². The van der Waals surface area contributed by atoms with Crippen molar-refractivity contribution in [1.29, 1.82) is 0 Å². The third kappa shape index (κ3) is 0.556. The van der Waals surface area contributed by atoms with Crippen LogP contribution in [0.4, 0.5) is 0 Å². The first-order chi connectivity index (χ1) is 4.77. The van der Waals surface area contributed by atoms with Crippen LogP contribution in [0.15, 0.2) is 15.5 Å². The molecule has 2 heterocycles. The highest BCUT2D eigenvalue weighted by atomic mass is 16.4. The Morgan fingerprint density at radius 2 is 2.30 bits per heavy atom. The van der Waals surface area contributed by atoms with E-state index in [0.29, 0.717) is 12.1 Å². The maximum Gasteiger partial charge on any atom is 0.419 e. The average molecular weight is 139 g/mol. The summed E-state index contributed by atoms with van der Waals surface area (Å²) >= 11 is 0. The van der Waals surface area contributed by atoms with Crippen LogP contribution in [-0.4, -0.2) is 10.4 Å². The zero-order valence-corrected chi connectivity index (χ0v) is 5.16. The molecule has 0 aliphatic carbocycles. The van der Waals surface area contributed by atoms with Gasteiger partial charge in [0.25, 0.3) is 0 Å². The second-order valence-corrected chi connectivity index (χ2v) is 2.29. The van der Waals surface area contributed by atoms with Crippen LogP contribution in [0.5, 0.6) is 0 Å². The van der Waals surface area contributed by atoms with Crippen LogP contribution >= 0.6 is 0 Å². The molecule has 52 valence electrons. The second kappa shape index (κ2) is 1.59. The number of hydrogen-bond acceptors (Lipinski definition) is 3. The average Bonchev–Trinajstić information content (AvgIpc) is 2.35. The summed E-state index contributed by atoms with van der Waals surface area (Å²) in [6.45, 7) is 0.185. The lowest BCUT2D eigenvalue weighted by Crippen LogP contribution is -2.13. The molecule has 0 saturated heterocycles. The van der Waals surface area contributed by atoms with Crippen LogP contribution in [0.2, 0.25) is 0 Å². The summed E-state index contributed by atoms with van der Waals surface area (Å²) in [4.78, 5) is 21.4. The van der Waals surface area contributed by atoms with Crippen molar-refractivity contribution in [1.82, 2.24) is 4.57 Å². The standard InChI is InChI=1S/C6H5NO3/c8-5-1-4-3-10-6(9)7(4)2-5/h3H,1-2H2. The molecule has 1 aromatic heterocycles. The SMILES string of the molecule is O=C1Cc2coc(=O)n2C1. The zero-order valence-electron chi connectivity index (χ0n) is 5.16. The summed E-state index contributed by atoms with van der Waals surface area (Å²) in [6.07, 6.45) is 1.68. The summed E-state index contributed by atoms with van der Waals surface area (Å²) < 4.78 is 5.89. The molecule has 10 heavy (non-hydrogen) atoms. The van der Waals surface area contributed by atoms with E-state index < -0.39 is 5.76 Å². The molecular weight excluding hydrogens is 134 g/mol. The predicted octanol–water partition coefficient (Wildman–Crippen LogP) is -0.434. The number of oxazole rings is 1. The van der Waals surface area contributed by atoms with Crippen LogP contribution in [-0.2, 0) is 17.8 Å². The Bertz CT molecular complexity index is 333. The minimum atomic E-state index is -0.430. The van der Waals surface area contributed by atoms with Crippen molar-refractivity contribution < 1.29 is 9.21 Å². The molecule has 1 aliphatic rings. The number of ketones is 1. The molecule has 1 aliphatic heterocycles. The van der Waals surface area contributed by atoms with Gasteiger partial charge < -0.3 is 4.42 Å². The molecule has 0 saturated carbocycles. The first-order valence-electron chi connectivity index (χ1n) is 2.96. The largest absolute Gasteiger partial charge is 0.419 e. The Hall–Kier alpha value is -1.32. The van der Waals surface area contributed by atoms with E-state index in [-0.39, 0.29) is 12.3 Å². The van der Waals surface area contributed by atoms with Gasteiger partial charge in [0.15, 0.2) is 5.78 Å². The summed E-state index contributed by atoms with van der Waals surface area (Å²) in [5, 5.41) is 0. The van der Waals surface area contributed by atoms with E-state index in [0.717, 1.165) is 0 Å². The fraction of sp³-hybridized carbons (Fsp3) is 0.333. The van der Waals surface area contributed by atoms with E-state index >= 15 is 0 Å². The number of hydrogen-bond donors (Lipinski definition) is 0. The first kappa shape index (κ1) is 5.46. The summed E-state index contributed by atoms with van der Waals surface area (Å²) in [7, 11) is 0. The quantitative estimate of drug-likeness (QED) is 0.490. The highest BCUT2D eigenvalue weighted by Gasteiger charge is 2.20. The minimum Gasteiger partial charge on any atom is -0.416 e. The molecular formula is C6H5NO3. The van der Waals surface area contributed by atoms with Crippen molar-refractivity contribution in [2.24, 2.45) is 0 Å². The molecule has 0 atom stereocenters. The van der Waals surface area contributed by atoms with Crippen LogP contribution in [0.1, 0.15) is 5.69 Å². The Morgan fingerprint density at radius 1 is 1.50 bits per heavy atom. The van der Waals surface area contributed by atoms with Crippen LogP contribution in [0.25, 0.3) is 0 Å². The van der Waals surface area contributed by atoms with Crippen LogP contribution in [0, 0.1) is 0 Å². The molecule has 0 N–H and O–H groups in total. The van der Waals surface area contributed by atoms with Gasteiger partial charge in [0.05, 0.1) is 18.7 Å². The third-order valence-corrected chi connectivity index (χ3v) is 1.58. The van der Waals surface area contributed by atoms with Crippen molar-refractivity contribution in [2.75, 3.05) is 0 Å². The van der Waals surface area contributed by atoms with E-state index in [9.17, 15) is 9.59 Å². The van der Waals surface area contributed by atoms with Crippen molar-refractivity contribution in [3.8, 4) is 0 Å². The summed E-state index contributed by atoms with van der Waals surface area (Å²) in [6, 6.07) is 0. The van der Waals surface area contributed by atoms with Crippen molar-refractivity contribution in [3.05, 3.63) is 22.5 Å². The number of fused-ring (bicyclic) bond motifs is 1. The van der Waals surface area contributed by atoms with Crippen molar-refractivity contribution in [3.63, 3.8) is 0 Å². The normalized spacial score (nSPS) is 15.8. The predicted molar refractivity (Wildman–Crippen MR) is 31.7 cm³/mol. The smallest absolute Gasteiger partial charge is 0.416 e. The van der Waals surface area contributed by atoms with Gasteiger partial charge in [-0.15, -0.1) is 0 Å². The molecule has 4 heteroatoms. The molecule has 0 fully saturated rings. The maximum absolute atomic E-state index is 10.7. The molecule has 0 spiro atoms. The monoisotopic (exact) mass is 139 g/mol. The summed E-state index contributed by atoms with van der Waals surface area (Å²) in [5.74, 6) is -0.358. The van der Waals surface area contributed by atoms with Gasteiger partial charge >= 0.3 is 5.76 Å². The molecule has 0 unspecified atom stereocenters. The molecule has 4 nitrogen and oxygen atoms in total. The second-order valence-electron chi connectivity index (χ2n) is 2.29. The number of Topliss-reactive ketones (excluding diaryl/α,β-unsaturated/α-hetero) is 1. The minimum absolute atomic E-state index is 0.0721. The van der Waals surface area contributed by atoms with Gasteiger partial charge in [0.1, 0.15) is 6.26 Å². The molecule has 0 bridgehead atoms. The number of carbonyl (C=O) groups is 1. The van der Waals surface area contributed by atoms with Gasteiger partial charge in [-0.05, 0) is 0 Å². The number of rotatable bonds is 0. The van der Waals surface area contributed by atoms with E-state index in [4.69, 9.17) is 0 Å². The van der Waals surface area contributed by atoms with Gasteiger partial charge in [-0.1, -0.05) is 0 Å². The highest BCUT2D eigenvalue weighted by Crippen LogP contribution is 2.07. The Kier molecular flexibility index (Phi) is 0.869. The summed E-state index contributed by atoms with van der Waals surface area (Å²) in [5.41, 5.74) is 0.690. The number of aromatic nitrogens is 1. The maximum atomic E-state index is 10.7. The zero-order chi connectivity index (χ0) is 7.14. The fourth-order valence-electron chi connectivity index (χ4n) is 1.10. The highest BCUT2D eigenvalue weighted by molar-refractivity contribution is 5.82. The van der Waals surface area contributed by atoms with Crippen LogP contribution < -0.4 is 5.76 Å². The molecule has 0 radical (unpaired) electrons. The Balaban J connectivity index is 2.63. The Morgan fingerprint density at radius 3 is 3.00 bits per heavy atom. The van der Waals surface area contributed by atoms with E-state index in [1.54, 1.807) is 0 Å². The van der Waals surface area contributed by atoms with Gasteiger partial charge in [0, 0.05) is 0 Å². The molecule has 0 aromatic carbocycles. The van der Waals surface area contributed by atoms with E-state index in [2.05, 4.69) is 4.42 Å². The van der Waals surface area contributed by atoms with Gasteiger partial charge in [-0.2, -0.15) is 0 Å². The van der Waals surface area contributed by atoms with Crippen molar-refractivity contribution in [2.45, 2.75) is 13.0 Å². The first-order valence-corrected chi connectivity index (χ1v) is 2.96. The van der Waals surface area contributed by atoms with Gasteiger partial charge in [-0.3, -0.25) is 9.36 Å². The molecule has 0 amide bonds. The lowest BCUT2D eigenvalue weighted by atomic mass is 10.3. The van der Waals surface area contributed by atoms with E-state index in [1.165, 1.54) is 10.8 Å². The third-order valence-electron chi connectivity index (χ3n) is 1.58.